The average Bonchev–Trinajstić information content (AvgIpc) is 3.32. The lowest BCUT2D eigenvalue weighted by atomic mass is 10.1. The second-order valence-electron chi connectivity index (χ2n) is 6.67. The van der Waals surface area contributed by atoms with Gasteiger partial charge in [0.15, 0.2) is 5.78 Å². The molecule has 1 aliphatic rings. The summed E-state index contributed by atoms with van der Waals surface area (Å²) >= 11 is 0. The lowest BCUT2D eigenvalue weighted by Gasteiger charge is -2.23. The van der Waals surface area contributed by atoms with Crippen LogP contribution >= 0.6 is 0 Å². The lowest BCUT2D eigenvalue weighted by Crippen LogP contribution is -2.31. The SMILES string of the molecule is O=C(CCC(=O)N1CCC[C@H]1c1nc2ccccc2[nH]1)c1ccccc1. The summed E-state index contributed by atoms with van der Waals surface area (Å²) in [5.74, 6) is 0.877. The van der Waals surface area contributed by atoms with Crippen molar-refractivity contribution in [1.82, 2.24) is 14.9 Å². The fraction of sp³-hybridized carbons (Fsp3) is 0.286. The second-order valence-corrected chi connectivity index (χ2v) is 6.67. The minimum Gasteiger partial charge on any atom is -0.340 e. The Morgan fingerprint density at radius 1 is 1.04 bits per heavy atom. The number of nitrogens with zero attached hydrogens (tertiary/aromatic N) is 2. The van der Waals surface area contributed by atoms with E-state index >= 15 is 0 Å². The number of imidazole rings is 1. The first-order valence-electron chi connectivity index (χ1n) is 9.05. The Bertz CT molecular complexity index is 900. The number of nitrogens with one attached hydrogen (secondary N) is 1. The number of carbonyl (C=O) groups is 2. The zero-order valence-electron chi connectivity index (χ0n) is 14.5. The first kappa shape index (κ1) is 16.5. The zero-order chi connectivity index (χ0) is 17.9. The number of ketones is 1. The molecule has 0 saturated carbocycles. The molecule has 0 bridgehead atoms. The molecule has 4 rings (SSSR count). The summed E-state index contributed by atoms with van der Waals surface area (Å²) in [5.41, 5.74) is 2.57. The van der Waals surface area contributed by atoms with E-state index in [0.717, 1.165) is 36.2 Å². The molecule has 26 heavy (non-hydrogen) atoms. The fourth-order valence-corrected chi connectivity index (χ4v) is 3.61. The van der Waals surface area contributed by atoms with Crippen LogP contribution in [0.5, 0.6) is 0 Å². The van der Waals surface area contributed by atoms with Crippen molar-refractivity contribution in [3.05, 3.63) is 66.0 Å². The third kappa shape index (κ3) is 3.25. The van der Waals surface area contributed by atoms with Crippen molar-refractivity contribution in [1.29, 1.82) is 0 Å². The maximum Gasteiger partial charge on any atom is 0.223 e. The fourth-order valence-electron chi connectivity index (χ4n) is 3.61. The van der Waals surface area contributed by atoms with Crippen LogP contribution in [-0.2, 0) is 4.79 Å². The molecule has 0 aliphatic carbocycles. The molecule has 1 N–H and O–H groups in total. The smallest absolute Gasteiger partial charge is 0.223 e. The number of carbonyl (C=O) groups excluding carboxylic acids is 2. The summed E-state index contributed by atoms with van der Waals surface area (Å²) in [7, 11) is 0. The van der Waals surface area contributed by atoms with Crippen molar-refractivity contribution in [3.8, 4) is 0 Å². The van der Waals surface area contributed by atoms with E-state index in [0.29, 0.717) is 5.56 Å². The van der Waals surface area contributed by atoms with Gasteiger partial charge in [0.05, 0.1) is 17.1 Å². The van der Waals surface area contributed by atoms with E-state index in [1.54, 1.807) is 12.1 Å². The molecule has 1 aliphatic heterocycles. The molecular weight excluding hydrogens is 326 g/mol. The number of hydrogen-bond acceptors (Lipinski definition) is 3. The van der Waals surface area contributed by atoms with Crippen molar-refractivity contribution < 1.29 is 9.59 Å². The minimum atomic E-state index is -0.0262. The number of para-hydroxylation sites is 2. The number of aromatic nitrogens is 2. The Morgan fingerprint density at radius 3 is 2.62 bits per heavy atom. The molecule has 5 heteroatoms. The number of benzene rings is 2. The van der Waals surface area contributed by atoms with Crippen LogP contribution in [0.3, 0.4) is 0 Å². The van der Waals surface area contributed by atoms with Crippen molar-refractivity contribution in [2.24, 2.45) is 0 Å². The van der Waals surface area contributed by atoms with Gasteiger partial charge in [-0.05, 0) is 25.0 Å². The Balaban J connectivity index is 1.44. The second kappa shape index (κ2) is 7.12. The van der Waals surface area contributed by atoms with Crippen molar-refractivity contribution in [2.45, 2.75) is 31.7 Å². The van der Waals surface area contributed by atoms with Crippen LogP contribution in [0.25, 0.3) is 11.0 Å². The van der Waals surface area contributed by atoms with Crippen molar-refractivity contribution >= 4 is 22.7 Å². The quantitative estimate of drug-likeness (QED) is 0.712. The molecule has 1 atom stereocenters. The summed E-state index contributed by atoms with van der Waals surface area (Å²) < 4.78 is 0. The van der Waals surface area contributed by atoms with Gasteiger partial charge in [-0.15, -0.1) is 0 Å². The Hall–Kier alpha value is -2.95. The van der Waals surface area contributed by atoms with E-state index in [2.05, 4.69) is 9.97 Å². The molecule has 2 heterocycles. The summed E-state index contributed by atoms with van der Waals surface area (Å²) in [6, 6.07) is 17.0. The van der Waals surface area contributed by atoms with Gasteiger partial charge in [-0.3, -0.25) is 9.59 Å². The van der Waals surface area contributed by atoms with Gasteiger partial charge in [0.2, 0.25) is 5.91 Å². The van der Waals surface area contributed by atoms with E-state index in [9.17, 15) is 9.59 Å². The number of rotatable bonds is 5. The van der Waals surface area contributed by atoms with Gasteiger partial charge in [0, 0.05) is 24.9 Å². The molecule has 0 radical (unpaired) electrons. The summed E-state index contributed by atoms with van der Waals surface area (Å²) in [6.07, 6.45) is 2.34. The molecule has 2 aromatic carbocycles. The van der Waals surface area contributed by atoms with Crippen molar-refractivity contribution in [3.63, 3.8) is 0 Å². The van der Waals surface area contributed by atoms with Gasteiger partial charge in [0.1, 0.15) is 5.82 Å². The summed E-state index contributed by atoms with van der Waals surface area (Å²) in [6.45, 7) is 0.722. The molecule has 0 spiro atoms. The van der Waals surface area contributed by atoms with Crippen molar-refractivity contribution in [2.75, 3.05) is 6.54 Å². The molecule has 1 fully saturated rings. The van der Waals surface area contributed by atoms with Gasteiger partial charge in [-0.2, -0.15) is 0 Å². The number of amides is 1. The number of H-pyrrole nitrogens is 1. The molecular formula is C21H21N3O2. The predicted octanol–water partition coefficient (Wildman–Crippen LogP) is 3.89. The van der Waals surface area contributed by atoms with E-state index in [1.165, 1.54) is 0 Å². The Labute approximate surface area is 152 Å². The number of Topliss-reactive ketones (excluding diaryl/α,β-unsaturated/α-hetero) is 1. The van der Waals surface area contributed by atoms with E-state index in [1.807, 2.05) is 47.4 Å². The van der Waals surface area contributed by atoms with E-state index < -0.39 is 0 Å². The van der Waals surface area contributed by atoms with Crippen LogP contribution < -0.4 is 0 Å². The average molecular weight is 347 g/mol. The third-order valence-corrected chi connectivity index (χ3v) is 4.96. The maximum absolute atomic E-state index is 12.7. The van der Waals surface area contributed by atoms with Crippen LogP contribution in [0.2, 0.25) is 0 Å². The largest absolute Gasteiger partial charge is 0.340 e. The van der Waals surface area contributed by atoms with Crippen LogP contribution in [0.1, 0.15) is 47.9 Å². The van der Waals surface area contributed by atoms with Crippen LogP contribution in [0.4, 0.5) is 0 Å². The van der Waals surface area contributed by atoms with Crippen LogP contribution in [-0.4, -0.2) is 33.1 Å². The molecule has 1 aromatic heterocycles. The highest BCUT2D eigenvalue weighted by atomic mass is 16.2. The van der Waals surface area contributed by atoms with Crippen LogP contribution in [0.15, 0.2) is 54.6 Å². The minimum absolute atomic E-state index is 0.0124. The van der Waals surface area contributed by atoms with Crippen LogP contribution in [0, 0.1) is 0 Å². The highest BCUT2D eigenvalue weighted by molar-refractivity contribution is 5.97. The zero-order valence-corrected chi connectivity index (χ0v) is 14.5. The summed E-state index contributed by atoms with van der Waals surface area (Å²) in [5, 5.41) is 0. The van der Waals surface area contributed by atoms with Gasteiger partial charge >= 0.3 is 0 Å². The Kier molecular flexibility index (Phi) is 4.52. The van der Waals surface area contributed by atoms with Gasteiger partial charge in [-0.25, -0.2) is 4.98 Å². The molecule has 132 valence electrons. The monoisotopic (exact) mass is 347 g/mol. The highest BCUT2D eigenvalue weighted by Gasteiger charge is 2.32. The molecule has 0 unspecified atom stereocenters. The first-order valence-corrected chi connectivity index (χ1v) is 9.05. The van der Waals surface area contributed by atoms with E-state index in [4.69, 9.17) is 0 Å². The standard InChI is InChI=1S/C21H21N3O2/c25-19(15-7-2-1-3-8-15)12-13-20(26)24-14-6-11-18(24)21-22-16-9-4-5-10-17(16)23-21/h1-5,7-10,18H,6,11-14H2,(H,22,23)/t18-/m0/s1. The number of hydrogen-bond donors (Lipinski definition) is 1. The maximum atomic E-state index is 12.7. The van der Waals surface area contributed by atoms with Gasteiger partial charge < -0.3 is 9.88 Å². The predicted molar refractivity (Wildman–Crippen MR) is 99.8 cm³/mol. The lowest BCUT2D eigenvalue weighted by molar-refractivity contribution is -0.132. The Morgan fingerprint density at radius 2 is 1.81 bits per heavy atom. The van der Waals surface area contributed by atoms with Gasteiger partial charge in [0.25, 0.3) is 0 Å². The number of fused-ring (bicyclic) bond motifs is 1. The van der Waals surface area contributed by atoms with Gasteiger partial charge in [-0.1, -0.05) is 42.5 Å². The molecule has 5 nitrogen and oxygen atoms in total. The first-order chi connectivity index (χ1) is 12.7. The normalized spacial score (nSPS) is 16.9. The highest BCUT2D eigenvalue weighted by Crippen LogP contribution is 2.32. The molecule has 1 amide bonds. The molecule has 3 aromatic rings. The number of aromatic amines is 1. The summed E-state index contributed by atoms with van der Waals surface area (Å²) in [4.78, 5) is 34.8. The molecule has 1 saturated heterocycles. The third-order valence-electron chi connectivity index (χ3n) is 4.96. The van der Waals surface area contributed by atoms with E-state index in [-0.39, 0.29) is 30.6 Å². The number of likely N-dealkylation sites (tertiary alicyclic amines) is 1. The topological polar surface area (TPSA) is 66.1 Å².